The molecular weight excluding hydrogens is 400 g/mol. The molecule has 5 nitrogen and oxygen atoms in total. The van der Waals surface area contributed by atoms with Crippen molar-refractivity contribution in [2.75, 3.05) is 18.5 Å². The maximum absolute atomic E-state index is 12.6. The largest absolute Gasteiger partial charge is 0.484 e. The van der Waals surface area contributed by atoms with E-state index in [9.17, 15) is 9.59 Å². The van der Waals surface area contributed by atoms with Gasteiger partial charge in [-0.1, -0.05) is 75.4 Å². The van der Waals surface area contributed by atoms with Gasteiger partial charge in [-0.05, 0) is 47.2 Å². The zero-order chi connectivity index (χ0) is 23.0. The molecule has 5 heteroatoms. The number of amides is 2. The summed E-state index contributed by atoms with van der Waals surface area (Å²) in [6.07, 6.45) is 0.739. The van der Waals surface area contributed by atoms with E-state index in [2.05, 4.69) is 31.4 Å². The predicted molar refractivity (Wildman–Crippen MR) is 128 cm³/mol. The number of rotatable bonds is 8. The summed E-state index contributed by atoms with van der Waals surface area (Å²) in [6.45, 7) is 6.81. The number of hydrogen-bond donors (Lipinski definition) is 2. The van der Waals surface area contributed by atoms with Crippen molar-refractivity contribution in [2.24, 2.45) is 0 Å². The van der Waals surface area contributed by atoms with Crippen molar-refractivity contribution >= 4 is 17.5 Å². The molecule has 32 heavy (non-hydrogen) atoms. The predicted octanol–water partition coefficient (Wildman–Crippen LogP) is 4.97. The van der Waals surface area contributed by atoms with Crippen LogP contribution in [0.1, 0.15) is 42.3 Å². The molecule has 3 rings (SSSR count). The van der Waals surface area contributed by atoms with E-state index in [-0.39, 0.29) is 23.8 Å². The fraction of sp³-hybridized carbons (Fsp3) is 0.259. The van der Waals surface area contributed by atoms with Gasteiger partial charge in [-0.3, -0.25) is 9.59 Å². The van der Waals surface area contributed by atoms with Gasteiger partial charge in [0.2, 0.25) is 0 Å². The van der Waals surface area contributed by atoms with E-state index in [1.54, 1.807) is 24.3 Å². The lowest BCUT2D eigenvalue weighted by molar-refractivity contribution is -0.118. The van der Waals surface area contributed by atoms with Gasteiger partial charge in [0.1, 0.15) is 5.75 Å². The Hall–Kier alpha value is -3.60. The van der Waals surface area contributed by atoms with Crippen molar-refractivity contribution < 1.29 is 14.3 Å². The quantitative estimate of drug-likeness (QED) is 0.530. The van der Waals surface area contributed by atoms with Crippen molar-refractivity contribution in [3.8, 4) is 5.75 Å². The monoisotopic (exact) mass is 430 g/mol. The molecule has 2 amide bonds. The molecule has 0 aromatic heterocycles. The molecule has 0 saturated carbocycles. The molecule has 166 valence electrons. The molecule has 0 fully saturated rings. The van der Waals surface area contributed by atoms with E-state index in [4.69, 9.17) is 4.74 Å². The van der Waals surface area contributed by atoms with E-state index in [1.165, 1.54) is 5.56 Å². The lowest BCUT2D eigenvalue weighted by Crippen LogP contribution is -2.28. The van der Waals surface area contributed by atoms with E-state index in [0.29, 0.717) is 23.5 Å². The van der Waals surface area contributed by atoms with Crippen LogP contribution in [-0.4, -0.2) is 25.0 Å². The van der Waals surface area contributed by atoms with Crippen LogP contribution in [0.25, 0.3) is 0 Å². The summed E-state index contributed by atoms with van der Waals surface area (Å²) in [5.41, 5.74) is 3.29. The molecule has 0 aliphatic rings. The standard InChI is InChI=1S/C27H30N2O3/c1-27(2,3)21-13-15-22(16-14-21)32-19-25(30)29-24-12-8-7-11-23(24)26(31)28-18-17-20-9-5-4-6-10-20/h4-16H,17-19H2,1-3H3,(H,28,31)(H,29,30). The molecule has 0 bridgehead atoms. The molecule has 0 saturated heterocycles. The second-order valence-electron chi connectivity index (χ2n) is 8.65. The molecule has 3 aromatic carbocycles. The summed E-state index contributed by atoms with van der Waals surface area (Å²) in [7, 11) is 0. The lowest BCUT2D eigenvalue weighted by Gasteiger charge is -2.19. The second kappa shape index (κ2) is 10.6. The van der Waals surface area contributed by atoms with Gasteiger partial charge in [-0.25, -0.2) is 0 Å². The summed E-state index contributed by atoms with van der Waals surface area (Å²) in [5, 5.41) is 5.70. The highest BCUT2D eigenvalue weighted by molar-refractivity contribution is 6.04. The van der Waals surface area contributed by atoms with Crippen LogP contribution in [0, 0.1) is 0 Å². The van der Waals surface area contributed by atoms with E-state index >= 15 is 0 Å². The average Bonchev–Trinajstić information content (AvgIpc) is 2.78. The van der Waals surface area contributed by atoms with E-state index in [0.717, 1.165) is 12.0 Å². The Morgan fingerprint density at radius 3 is 2.19 bits per heavy atom. The molecule has 2 N–H and O–H groups in total. The van der Waals surface area contributed by atoms with Crippen molar-refractivity contribution in [3.05, 3.63) is 95.6 Å². The van der Waals surface area contributed by atoms with Crippen molar-refractivity contribution in [1.29, 1.82) is 0 Å². The molecule has 0 spiro atoms. The van der Waals surface area contributed by atoms with Crippen molar-refractivity contribution in [2.45, 2.75) is 32.6 Å². The van der Waals surface area contributed by atoms with Gasteiger partial charge in [0.05, 0.1) is 11.3 Å². The minimum Gasteiger partial charge on any atom is -0.484 e. The number of carbonyl (C=O) groups is 2. The average molecular weight is 431 g/mol. The Morgan fingerprint density at radius 2 is 1.50 bits per heavy atom. The van der Waals surface area contributed by atoms with Gasteiger partial charge >= 0.3 is 0 Å². The number of ether oxygens (including phenoxy) is 1. The third-order valence-electron chi connectivity index (χ3n) is 5.08. The summed E-state index contributed by atoms with van der Waals surface area (Å²) in [6, 6.07) is 24.7. The summed E-state index contributed by atoms with van der Waals surface area (Å²) in [4.78, 5) is 25.1. The van der Waals surface area contributed by atoms with Crippen LogP contribution in [-0.2, 0) is 16.6 Å². The number of para-hydroxylation sites is 1. The molecular formula is C27H30N2O3. The molecule has 0 radical (unpaired) electrons. The Balaban J connectivity index is 1.53. The van der Waals surface area contributed by atoms with Gasteiger partial charge in [-0.2, -0.15) is 0 Å². The first kappa shape index (κ1) is 23.1. The van der Waals surface area contributed by atoms with Gasteiger partial charge < -0.3 is 15.4 Å². The minimum atomic E-state index is -0.325. The van der Waals surface area contributed by atoms with Gasteiger partial charge in [0.25, 0.3) is 11.8 Å². The third-order valence-corrected chi connectivity index (χ3v) is 5.08. The summed E-state index contributed by atoms with van der Waals surface area (Å²) < 4.78 is 5.61. The maximum Gasteiger partial charge on any atom is 0.262 e. The summed E-state index contributed by atoms with van der Waals surface area (Å²) in [5.74, 6) is 0.0741. The molecule has 0 heterocycles. The normalized spacial score (nSPS) is 11.0. The first-order valence-electron chi connectivity index (χ1n) is 10.8. The van der Waals surface area contributed by atoms with Crippen molar-refractivity contribution in [1.82, 2.24) is 5.32 Å². The van der Waals surface area contributed by atoms with Crippen LogP contribution in [0.2, 0.25) is 0 Å². The highest BCUT2D eigenvalue weighted by atomic mass is 16.5. The fourth-order valence-electron chi connectivity index (χ4n) is 3.24. The van der Waals surface area contributed by atoms with Crippen LogP contribution >= 0.6 is 0 Å². The lowest BCUT2D eigenvalue weighted by atomic mass is 9.87. The fourth-order valence-corrected chi connectivity index (χ4v) is 3.24. The molecule has 0 aliphatic heterocycles. The van der Waals surface area contributed by atoms with Gasteiger partial charge in [0.15, 0.2) is 6.61 Å². The number of benzene rings is 3. The highest BCUT2D eigenvalue weighted by Gasteiger charge is 2.15. The molecule has 0 atom stereocenters. The van der Waals surface area contributed by atoms with Crippen LogP contribution in [0.15, 0.2) is 78.9 Å². The first-order valence-corrected chi connectivity index (χ1v) is 10.8. The number of nitrogens with one attached hydrogen (secondary N) is 2. The molecule has 0 unspecified atom stereocenters. The van der Waals surface area contributed by atoms with Crippen LogP contribution < -0.4 is 15.4 Å². The number of hydrogen-bond acceptors (Lipinski definition) is 3. The van der Waals surface area contributed by atoms with Crippen LogP contribution in [0.3, 0.4) is 0 Å². The Kier molecular flexibility index (Phi) is 7.66. The Bertz CT molecular complexity index is 1040. The molecule has 0 aliphatic carbocycles. The topological polar surface area (TPSA) is 67.4 Å². The van der Waals surface area contributed by atoms with Gasteiger partial charge in [0, 0.05) is 6.54 Å². The maximum atomic E-state index is 12.6. The van der Waals surface area contributed by atoms with E-state index < -0.39 is 0 Å². The second-order valence-corrected chi connectivity index (χ2v) is 8.65. The number of anilines is 1. The highest BCUT2D eigenvalue weighted by Crippen LogP contribution is 2.24. The zero-order valence-corrected chi connectivity index (χ0v) is 18.9. The van der Waals surface area contributed by atoms with E-state index in [1.807, 2.05) is 54.6 Å². The minimum absolute atomic E-state index is 0.0568. The Labute approximate surface area is 189 Å². The Morgan fingerprint density at radius 1 is 0.844 bits per heavy atom. The van der Waals surface area contributed by atoms with Gasteiger partial charge in [-0.15, -0.1) is 0 Å². The zero-order valence-electron chi connectivity index (χ0n) is 18.9. The van der Waals surface area contributed by atoms with Crippen LogP contribution in [0.4, 0.5) is 5.69 Å². The molecule has 3 aromatic rings. The van der Waals surface area contributed by atoms with Crippen molar-refractivity contribution in [3.63, 3.8) is 0 Å². The van der Waals surface area contributed by atoms with Crippen LogP contribution in [0.5, 0.6) is 5.75 Å². The SMILES string of the molecule is CC(C)(C)c1ccc(OCC(=O)Nc2ccccc2C(=O)NCCc2ccccc2)cc1. The third kappa shape index (κ3) is 6.71. The first-order chi connectivity index (χ1) is 15.3. The summed E-state index contributed by atoms with van der Waals surface area (Å²) >= 11 is 0. The number of carbonyl (C=O) groups excluding carboxylic acids is 2. The smallest absolute Gasteiger partial charge is 0.262 e.